The first-order valence-corrected chi connectivity index (χ1v) is 26.9. The summed E-state index contributed by atoms with van der Waals surface area (Å²) in [5.74, 6) is 0.360. The van der Waals surface area contributed by atoms with Gasteiger partial charge in [0, 0.05) is 108 Å². The van der Waals surface area contributed by atoms with Crippen LogP contribution in [-0.2, 0) is 40.9 Å². The molecule has 6 heterocycles. The van der Waals surface area contributed by atoms with Crippen molar-refractivity contribution in [1.82, 2.24) is 24.5 Å². The predicted octanol–water partition coefficient (Wildman–Crippen LogP) is 6.08. The van der Waals surface area contributed by atoms with E-state index in [9.17, 15) is 27.2 Å². The third-order valence-corrected chi connectivity index (χ3v) is 18.9. The molecule has 3 atom stereocenters. The normalized spacial score (nSPS) is 25.5. The van der Waals surface area contributed by atoms with Crippen LogP contribution in [0.2, 0.25) is 0 Å². The highest BCUT2D eigenvalue weighted by molar-refractivity contribution is 7.92. The lowest BCUT2D eigenvalue weighted by atomic mass is 9.56. The number of anilines is 1. The van der Waals surface area contributed by atoms with Crippen LogP contribution >= 0.6 is 0 Å². The van der Waals surface area contributed by atoms with Crippen LogP contribution in [0.1, 0.15) is 88.2 Å². The van der Waals surface area contributed by atoms with E-state index in [1.54, 1.807) is 29.2 Å². The van der Waals surface area contributed by atoms with Crippen molar-refractivity contribution in [2.24, 2.45) is 23.7 Å². The lowest BCUT2D eigenvalue weighted by molar-refractivity contribution is -0.143. The lowest BCUT2D eigenvalue weighted by Gasteiger charge is -2.53. The maximum absolute atomic E-state index is 15.3. The third-order valence-electron chi connectivity index (χ3n) is 16.7. The maximum atomic E-state index is 15.3. The fraction of sp³-hybridized carbons (Fsp3) is 0.673. The van der Waals surface area contributed by atoms with E-state index in [0.717, 1.165) is 109 Å². The molecule has 9 rings (SSSR count). The average molecular weight is 947 g/mol. The average Bonchev–Trinajstić information content (AvgIpc) is 3.74. The molecule has 366 valence electrons. The number of piperidine rings is 3. The zero-order chi connectivity index (χ0) is 46.7. The van der Waals surface area contributed by atoms with Crippen molar-refractivity contribution in [3.8, 4) is 0 Å². The molecule has 0 unspecified atom stereocenters. The number of benzene rings is 2. The van der Waals surface area contributed by atoms with Crippen molar-refractivity contribution in [2.45, 2.75) is 105 Å². The number of nitrogens with zero attached hydrogens (tertiary/aromatic N) is 6. The lowest BCUT2D eigenvalue weighted by Crippen LogP contribution is -2.57. The van der Waals surface area contributed by atoms with E-state index in [2.05, 4.69) is 20.8 Å². The van der Waals surface area contributed by atoms with E-state index in [1.165, 1.54) is 32.4 Å². The van der Waals surface area contributed by atoms with Gasteiger partial charge in [-0.05, 0) is 137 Å². The number of hydrogen-bond acceptors (Lipinski definition) is 10. The molecule has 7 fully saturated rings. The molecule has 1 aliphatic carbocycles. The molecule has 6 aliphatic heterocycles. The first-order valence-electron chi connectivity index (χ1n) is 25.4. The maximum Gasteiger partial charge on any atom is 0.305 e. The number of halogens is 2. The number of carbonyl (C=O) groups excluding carboxylic acids is 3. The first-order chi connectivity index (χ1) is 32.4. The van der Waals surface area contributed by atoms with Gasteiger partial charge in [0.1, 0.15) is 17.2 Å². The van der Waals surface area contributed by atoms with Gasteiger partial charge in [0.25, 0.3) is 0 Å². The number of hydrogen-bond donors (Lipinski definition) is 0. The summed E-state index contributed by atoms with van der Waals surface area (Å²) in [6, 6.07) is 12.7. The molecule has 2 aromatic rings. The summed E-state index contributed by atoms with van der Waals surface area (Å²) in [7, 11) is -2.29. The third kappa shape index (κ3) is 10.6. The fourth-order valence-corrected chi connectivity index (χ4v) is 14.8. The van der Waals surface area contributed by atoms with Gasteiger partial charge in [0.05, 0.1) is 12.0 Å². The molecule has 0 N–H and O–H groups in total. The monoisotopic (exact) mass is 947 g/mol. The molecule has 0 spiro atoms. The van der Waals surface area contributed by atoms with Crippen LogP contribution in [0.15, 0.2) is 59.5 Å². The van der Waals surface area contributed by atoms with Crippen LogP contribution in [0, 0.1) is 29.5 Å². The predicted molar refractivity (Wildman–Crippen MR) is 254 cm³/mol. The Morgan fingerprint density at radius 2 is 1.60 bits per heavy atom. The van der Waals surface area contributed by atoms with Crippen LogP contribution in [-0.4, -0.2) is 161 Å². The zero-order valence-corrected chi connectivity index (χ0v) is 40.4. The molecule has 67 heavy (non-hydrogen) atoms. The highest BCUT2D eigenvalue weighted by atomic mass is 32.2. The van der Waals surface area contributed by atoms with Gasteiger partial charge in [-0.1, -0.05) is 31.1 Å². The number of sulfone groups is 1. The summed E-state index contributed by atoms with van der Waals surface area (Å²) in [5, 5.41) is -0.676. The van der Waals surface area contributed by atoms with Crippen molar-refractivity contribution in [3.05, 3.63) is 71.6 Å². The second-order valence-corrected chi connectivity index (χ2v) is 23.2. The first kappa shape index (κ1) is 48.1. The molecule has 12 nitrogen and oxygen atoms in total. The topological polar surface area (TPSA) is 114 Å². The van der Waals surface area contributed by atoms with Crippen LogP contribution in [0.25, 0.3) is 0 Å². The van der Waals surface area contributed by atoms with Gasteiger partial charge in [-0.3, -0.25) is 24.2 Å². The standard InChI is InChI=1S/C52H72F2N6O6S/c1-66-51(63)27-39-10-7-13-47(39)52(42-11-8-12-43(53)28-42,37-58-23-6-3-14-49(58)61)41-18-24-56(25-19-41)29-38-30-59(31-38)45-16-17-48(40(26-45)32-57-33-44(54)34-57)67(64,65)46-35-60(36-46)50(62)15-9-22-55-20-4-2-5-21-55/h8-9,11-12,15-17,26,28,38-39,41,44,46-47H,2-7,10,13-14,18-25,27,29-37H2,1H3/b15-9+/t39-,47+,52+/m1/s1. The van der Waals surface area contributed by atoms with Crippen molar-refractivity contribution in [1.29, 1.82) is 0 Å². The molecule has 2 amide bonds. The number of amides is 2. The molecule has 0 radical (unpaired) electrons. The van der Waals surface area contributed by atoms with Crippen molar-refractivity contribution >= 4 is 33.3 Å². The highest BCUT2D eigenvalue weighted by Gasteiger charge is 2.53. The summed E-state index contributed by atoms with van der Waals surface area (Å²) >= 11 is 0. The molecule has 1 saturated carbocycles. The van der Waals surface area contributed by atoms with Crippen molar-refractivity contribution in [3.63, 3.8) is 0 Å². The SMILES string of the molecule is COC(=O)C[C@H]1CCC[C@@H]1[C@](CN1CCCCC1=O)(c1cccc(F)c1)C1CCN(CC2CN(c3ccc(S(=O)(=O)C4CN(C(=O)/C=C/CN5CCCCC5)C4)c(CN4CC(F)C4)c3)C2)CC1. The molecule has 2 aromatic carbocycles. The van der Waals surface area contributed by atoms with Crippen molar-refractivity contribution < 1.29 is 36.3 Å². The Bertz CT molecular complexity index is 2220. The summed E-state index contributed by atoms with van der Waals surface area (Å²) in [6.07, 6.45) is 13.6. The smallest absolute Gasteiger partial charge is 0.305 e. The Balaban J connectivity index is 0.846. The van der Waals surface area contributed by atoms with Gasteiger partial charge in [-0.2, -0.15) is 0 Å². The minimum Gasteiger partial charge on any atom is -0.469 e. The van der Waals surface area contributed by atoms with E-state index in [-0.39, 0.29) is 72.4 Å². The largest absolute Gasteiger partial charge is 0.469 e. The Kier molecular flexibility index (Phi) is 15.1. The van der Waals surface area contributed by atoms with E-state index in [1.807, 2.05) is 28.0 Å². The van der Waals surface area contributed by atoms with Gasteiger partial charge in [0.15, 0.2) is 9.84 Å². The summed E-state index contributed by atoms with van der Waals surface area (Å²) in [4.78, 5) is 52.3. The number of rotatable bonds is 17. The molecule has 7 aliphatic rings. The summed E-state index contributed by atoms with van der Waals surface area (Å²) in [6.45, 7) is 9.73. The zero-order valence-electron chi connectivity index (χ0n) is 39.5. The van der Waals surface area contributed by atoms with Crippen molar-refractivity contribution in [2.75, 3.05) is 104 Å². The molecule has 15 heteroatoms. The molecular weight excluding hydrogens is 875 g/mol. The molecular formula is C52H72F2N6O6S. The Hall–Kier alpha value is -3.92. The van der Waals surface area contributed by atoms with E-state index < -0.39 is 26.7 Å². The van der Waals surface area contributed by atoms with Gasteiger partial charge >= 0.3 is 5.97 Å². The number of methoxy groups -OCH3 is 1. The quantitative estimate of drug-likeness (QED) is 0.137. The highest BCUT2D eigenvalue weighted by Crippen LogP contribution is 2.54. The second-order valence-electron chi connectivity index (χ2n) is 21.0. The Morgan fingerprint density at radius 1 is 0.836 bits per heavy atom. The van der Waals surface area contributed by atoms with Gasteiger partial charge in [-0.15, -0.1) is 0 Å². The number of likely N-dealkylation sites (tertiary alicyclic amines) is 5. The van der Waals surface area contributed by atoms with Crippen LogP contribution in [0.5, 0.6) is 0 Å². The summed E-state index contributed by atoms with van der Waals surface area (Å²) in [5.41, 5.74) is 2.11. The van der Waals surface area contributed by atoms with Gasteiger partial charge in [-0.25, -0.2) is 17.2 Å². The summed E-state index contributed by atoms with van der Waals surface area (Å²) < 4.78 is 62.7. The minimum absolute atomic E-state index is 0.0941. The number of esters is 1. The number of ether oxygens (including phenoxy) is 1. The van der Waals surface area contributed by atoms with E-state index in [4.69, 9.17) is 4.74 Å². The molecule has 6 saturated heterocycles. The van der Waals surface area contributed by atoms with Gasteiger partial charge < -0.3 is 24.3 Å². The molecule has 0 aromatic heterocycles. The Labute approximate surface area is 396 Å². The number of alkyl halides is 1. The second kappa shape index (κ2) is 21.0. The van der Waals surface area contributed by atoms with Gasteiger partial charge in [0.2, 0.25) is 11.8 Å². The van der Waals surface area contributed by atoms with Crippen LogP contribution in [0.3, 0.4) is 0 Å². The van der Waals surface area contributed by atoms with Crippen LogP contribution < -0.4 is 4.90 Å². The number of carbonyl (C=O) groups is 3. The molecule has 0 bridgehead atoms. The minimum atomic E-state index is -3.73. The van der Waals surface area contributed by atoms with Crippen LogP contribution in [0.4, 0.5) is 14.5 Å². The Morgan fingerprint density at radius 3 is 2.31 bits per heavy atom. The van der Waals surface area contributed by atoms with E-state index in [0.29, 0.717) is 44.0 Å². The fourth-order valence-electron chi connectivity index (χ4n) is 12.9. The van der Waals surface area contributed by atoms with E-state index >= 15 is 4.39 Å².